The molecule has 4 heteroatoms. The van der Waals surface area contributed by atoms with Gasteiger partial charge in [0.2, 0.25) is 0 Å². The second kappa shape index (κ2) is 5.45. The van der Waals surface area contributed by atoms with Crippen LogP contribution in [-0.2, 0) is 0 Å². The molecule has 0 aliphatic carbocycles. The second-order valence-electron chi connectivity index (χ2n) is 3.40. The molecule has 0 aliphatic heterocycles. The zero-order chi connectivity index (χ0) is 11.5. The molecule has 1 atom stereocenters. The summed E-state index contributed by atoms with van der Waals surface area (Å²) in [5.41, 5.74) is 1.25. The lowest BCUT2D eigenvalue weighted by Gasteiger charge is -2.17. The van der Waals surface area contributed by atoms with Crippen LogP contribution in [0, 0.1) is 0 Å². The first kappa shape index (κ1) is 12.3. The lowest BCUT2D eigenvalue weighted by Crippen LogP contribution is -2.16. The molecule has 1 heterocycles. The second-order valence-corrected chi connectivity index (χ2v) is 6.15. The Morgan fingerprint density at radius 3 is 2.69 bits per heavy atom. The monoisotopic (exact) mass is 359 g/mol. The highest BCUT2D eigenvalue weighted by molar-refractivity contribution is 9.11. The zero-order valence-electron chi connectivity index (χ0n) is 8.71. The van der Waals surface area contributed by atoms with E-state index in [2.05, 4.69) is 66.8 Å². The average Bonchev–Trinajstić information content (AvgIpc) is 2.78. The fraction of sp³-hybridized carbons (Fsp3) is 0.167. The van der Waals surface area contributed by atoms with Crippen LogP contribution in [0.2, 0.25) is 0 Å². The Morgan fingerprint density at radius 1 is 1.25 bits per heavy atom. The zero-order valence-corrected chi connectivity index (χ0v) is 12.7. The Morgan fingerprint density at radius 2 is 2.06 bits per heavy atom. The van der Waals surface area contributed by atoms with E-state index in [1.807, 2.05) is 13.1 Å². The molecule has 1 unspecified atom stereocenters. The standard InChI is InChI=1S/C12H11Br2NS/c1-15-12(11-3-2-6-16-11)9-7-8(13)4-5-10(9)14/h2-7,12,15H,1H3. The first-order valence-corrected chi connectivity index (χ1v) is 7.34. The molecule has 0 bridgehead atoms. The highest BCUT2D eigenvalue weighted by Crippen LogP contribution is 2.32. The van der Waals surface area contributed by atoms with Crippen LogP contribution in [0.3, 0.4) is 0 Å². The Balaban J connectivity index is 2.44. The molecule has 16 heavy (non-hydrogen) atoms. The van der Waals surface area contributed by atoms with Crippen LogP contribution < -0.4 is 5.32 Å². The number of hydrogen-bond acceptors (Lipinski definition) is 2. The van der Waals surface area contributed by atoms with E-state index in [1.54, 1.807) is 11.3 Å². The van der Waals surface area contributed by atoms with Gasteiger partial charge < -0.3 is 5.32 Å². The molecule has 0 saturated carbocycles. The van der Waals surface area contributed by atoms with Gasteiger partial charge in [-0.25, -0.2) is 0 Å². The van der Waals surface area contributed by atoms with E-state index in [4.69, 9.17) is 0 Å². The summed E-state index contributed by atoms with van der Waals surface area (Å²) in [4.78, 5) is 1.32. The number of nitrogens with one attached hydrogen (secondary N) is 1. The van der Waals surface area contributed by atoms with Gasteiger partial charge in [0.15, 0.2) is 0 Å². The molecule has 0 amide bonds. The minimum absolute atomic E-state index is 0.242. The predicted molar refractivity (Wildman–Crippen MR) is 77.1 cm³/mol. The summed E-state index contributed by atoms with van der Waals surface area (Å²) in [5.74, 6) is 0. The number of halogens is 2. The van der Waals surface area contributed by atoms with Crippen molar-refractivity contribution in [1.29, 1.82) is 0 Å². The van der Waals surface area contributed by atoms with Crippen LogP contribution in [0.25, 0.3) is 0 Å². The van der Waals surface area contributed by atoms with Gasteiger partial charge in [-0.3, -0.25) is 0 Å². The third-order valence-corrected chi connectivity index (χ3v) is 4.54. The molecule has 2 rings (SSSR count). The van der Waals surface area contributed by atoms with Crippen LogP contribution in [0.1, 0.15) is 16.5 Å². The first-order chi connectivity index (χ1) is 7.72. The largest absolute Gasteiger partial charge is 0.309 e. The van der Waals surface area contributed by atoms with Crippen molar-refractivity contribution < 1.29 is 0 Å². The van der Waals surface area contributed by atoms with E-state index >= 15 is 0 Å². The van der Waals surface area contributed by atoms with E-state index in [0.717, 1.165) is 8.95 Å². The van der Waals surface area contributed by atoms with Gasteiger partial charge in [0.1, 0.15) is 0 Å². The van der Waals surface area contributed by atoms with Gasteiger partial charge in [-0.05, 0) is 42.3 Å². The Bertz CT molecular complexity index is 468. The van der Waals surface area contributed by atoms with Gasteiger partial charge >= 0.3 is 0 Å². The SMILES string of the molecule is CNC(c1cccs1)c1cc(Br)ccc1Br. The van der Waals surface area contributed by atoms with E-state index in [9.17, 15) is 0 Å². The third kappa shape index (κ3) is 2.56. The molecule has 1 N–H and O–H groups in total. The van der Waals surface area contributed by atoms with E-state index in [0.29, 0.717) is 0 Å². The van der Waals surface area contributed by atoms with Crippen molar-refractivity contribution >= 4 is 43.2 Å². The third-order valence-electron chi connectivity index (χ3n) is 2.39. The summed E-state index contributed by atoms with van der Waals surface area (Å²) >= 11 is 8.88. The highest BCUT2D eigenvalue weighted by Gasteiger charge is 2.15. The van der Waals surface area contributed by atoms with Gasteiger partial charge in [-0.2, -0.15) is 0 Å². The van der Waals surface area contributed by atoms with E-state index < -0.39 is 0 Å². The summed E-state index contributed by atoms with van der Waals surface area (Å²) in [5, 5.41) is 5.45. The lowest BCUT2D eigenvalue weighted by atomic mass is 10.1. The molecule has 0 spiro atoms. The highest BCUT2D eigenvalue weighted by atomic mass is 79.9. The molecular weight excluding hydrogens is 350 g/mol. The Hall–Kier alpha value is -0.160. The van der Waals surface area contributed by atoms with Crippen molar-refractivity contribution in [3.05, 3.63) is 55.1 Å². The first-order valence-electron chi connectivity index (χ1n) is 4.88. The fourth-order valence-electron chi connectivity index (χ4n) is 1.64. The van der Waals surface area contributed by atoms with Crippen molar-refractivity contribution in [2.24, 2.45) is 0 Å². The topological polar surface area (TPSA) is 12.0 Å². The van der Waals surface area contributed by atoms with E-state index in [1.165, 1.54) is 10.4 Å². The van der Waals surface area contributed by atoms with Crippen molar-refractivity contribution in [3.8, 4) is 0 Å². The number of hydrogen-bond donors (Lipinski definition) is 1. The van der Waals surface area contributed by atoms with Gasteiger partial charge in [0.25, 0.3) is 0 Å². The van der Waals surface area contributed by atoms with Gasteiger partial charge in [-0.1, -0.05) is 37.9 Å². The van der Waals surface area contributed by atoms with Gasteiger partial charge in [0, 0.05) is 13.8 Å². The maximum absolute atomic E-state index is 3.60. The maximum Gasteiger partial charge on any atom is 0.0680 e. The van der Waals surface area contributed by atoms with Crippen LogP contribution in [0.4, 0.5) is 0 Å². The number of benzene rings is 1. The molecule has 0 aliphatic rings. The smallest absolute Gasteiger partial charge is 0.0680 e. The lowest BCUT2D eigenvalue weighted by molar-refractivity contribution is 0.700. The van der Waals surface area contributed by atoms with Crippen molar-refractivity contribution in [2.45, 2.75) is 6.04 Å². The molecule has 1 nitrogen and oxygen atoms in total. The molecule has 84 valence electrons. The van der Waals surface area contributed by atoms with Crippen LogP contribution >= 0.6 is 43.2 Å². The summed E-state index contributed by atoms with van der Waals surface area (Å²) in [6, 6.07) is 10.7. The number of rotatable bonds is 3. The summed E-state index contributed by atoms with van der Waals surface area (Å²) in [6.45, 7) is 0. The molecule has 1 aromatic carbocycles. The van der Waals surface area contributed by atoms with Crippen LogP contribution in [0.5, 0.6) is 0 Å². The van der Waals surface area contributed by atoms with Crippen LogP contribution in [0.15, 0.2) is 44.7 Å². The number of thiophene rings is 1. The molecule has 0 saturated heterocycles. The summed E-state index contributed by atoms with van der Waals surface area (Å²) < 4.78 is 2.23. The van der Waals surface area contributed by atoms with Crippen LogP contribution in [-0.4, -0.2) is 7.05 Å². The minimum atomic E-state index is 0.242. The molecule has 0 radical (unpaired) electrons. The Kier molecular flexibility index (Phi) is 4.19. The van der Waals surface area contributed by atoms with Crippen molar-refractivity contribution in [1.82, 2.24) is 5.32 Å². The summed E-state index contributed by atoms with van der Waals surface area (Å²) in [7, 11) is 1.98. The average molecular weight is 361 g/mol. The molecular formula is C12H11Br2NS. The van der Waals surface area contributed by atoms with Crippen molar-refractivity contribution in [3.63, 3.8) is 0 Å². The van der Waals surface area contributed by atoms with Gasteiger partial charge in [0.05, 0.1) is 6.04 Å². The predicted octanol–water partition coefficient (Wildman–Crippen LogP) is 4.58. The summed E-state index contributed by atoms with van der Waals surface area (Å²) in [6.07, 6.45) is 0. The quantitative estimate of drug-likeness (QED) is 0.844. The molecule has 1 aromatic heterocycles. The molecule has 2 aromatic rings. The molecule has 0 fully saturated rings. The van der Waals surface area contributed by atoms with Gasteiger partial charge in [-0.15, -0.1) is 11.3 Å². The van der Waals surface area contributed by atoms with Crippen molar-refractivity contribution in [2.75, 3.05) is 7.05 Å². The Labute approximate surface area is 116 Å². The maximum atomic E-state index is 3.60. The normalized spacial score (nSPS) is 12.7. The fourth-order valence-corrected chi connectivity index (χ4v) is 3.35. The minimum Gasteiger partial charge on any atom is -0.309 e. The van der Waals surface area contributed by atoms with E-state index in [-0.39, 0.29) is 6.04 Å².